The first-order valence-electron chi connectivity index (χ1n) is 6.65. The van der Waals surface area contributed by atoms with E-state index in [0.29, 0.717) is 0 Å². The molecule has 0 amide bonds. The Labute approximate surface area is 124 Å². The normalized spacial score (nSPS) is 10.4. The molecule has 3 rings (SSSR count). The fraction of sp³-hybridized carbons (Fsp3) is 0.0556. The van der Waals surface area contributed by atoms with Crippen molar-refractivity contribution >= 4 is 12.6 Å². The maximum absolute atomic E-state index is 4.57. The molecular weight excluding hydrogens is 262 g/mol. The fourth-order valence-electron chi connectivity index (χ4n) is 2.33. The molecule has 3 aromatic rings. The van der Waals surface area contributed by atoms with Gasteiger partial charge < -0.3 is 0 Å². The zero-order valence-electron chi connectivity index (χ0n) is 11.1. The molecule has 0 aliphatic rings. The summed E-state index contributed by atoms with van der Waals surface area (Å²) in [4.78, 5) is 1.00. The molecule has 0 atom stereocenters. The summed E-state index contributed by atoms with van der Waals surface area (Å²) < 4.78 is 2.25. The Balaban J connectivity index is 2.03. The van der Waals surface area contributed by atoms with E-state index in [1.54, 1.807) is 0 Å². The smallest absolute Gasteiger partial charge is 0.194 e. The zero-order chi connectivity index (χ0) is 13.8. The Morgan fingerprint density at radius 1 is 0.750 bits per heavy atom. The van der Waals surface area contributed by atoms with Crippen LogP contribution in [-0.2, 0) is 6.54 Å². The molecule has 1 heterocycles. The number of pyridine rings is 1. The van der Waals surface area contributed by atoms with Crippen molar-refractivity contribution in [3.8, 4) is 11.3 Å². The fourth-order valence-corrected chi connectivity index (χ4v) is 2.60. The minimum Gasteiger partial charge on any atom is -0.194 e. The maximum atomic E-state index is 4.57. The molecule has 98 valence electrons. The van der Waals surface area contributed by atoms with Gasteiger partial charge in [-0.15, -0.1) is 12.6 Å². The SMILES string of the molecule is Sc1ccccc1-c1cccc[n+]1Cc1ccccc1. The molecule has 0 saturated heterocycles. The highest BCUT2D eigenvalue weighted by molar-refractivity contribution is 7.80. The molecule has 1 aromatic heterocycles. The number of aromatic nitrogens is 1. The number of rotatable bonds is 3. The second kappa shape index (κ2) is 5.93. The molecular formula is C18H16NS+. The third-order valence-corrected chi connectivity index (χ3v) is 3.71. The molecule has 1 nitrogen and oxygen atoms in total. The highest BCUT2D eigenvalue weighted by atomic mass is 32.1. The van der Waals surface area contributed by atoms with E-state index in [1.165, 1.54) is 11.3 Å². The monoisotopic (exact) mass is 278 g/mol. The summed E-state index contributed by atoms with van der Waals surface area (Å²) in [5, 5.41) is 0. The third kappa shape index (κ3) is 2.75. The predicted octanol–water partition coefficient (Wildman–Crippen LogP) is 3.98. The summed E-state index contributed by atoms with van der Waals surface area (Å²) in [6.07, 6.45) is 2.11. The van der Waals surface area contributed by atoms with E-state index < -0.39 is 0 Å². The first kappa shape index (κ1) is 12.9. The second-order valence-corrected chi connectivity index (χ2v) is 5.20. The number of hydrogen-bond acceptors (Lipinski definition) is 1. The number of benzene rings is 2. The summed E-state index contributed by atoms with van der Waals surface area (Å²) in [6, 6.07) is 25.0. The lowest BCUT2D eigenvalue weighted by Gasteiger charge is -2.06. The second-order valence-electron chi connectivity index (χ2n) is 4.72. The molecule has 2 aromatic carbocycles. The molecule has 0 aliphatic heterocycles. The average molecular weight is 278 g/mol. The molecule has 0 radical (unpaired) electrons. The zero-order valence-corrected chi connectivity index (χ0v) is 12.0. The van der Waals surface area contributed by atoms with Crippen LogP contribution in [-0.4, -0.2) is 0 Å². The van der Waals surface area contributed by atoms with Crippen LogP contribution in [0.25, 0.3) is 11.3 Å². The highest BCUT2D eigenvalue weighted by Gasteiger charge is 2.14. The molecule has 0 N–H and O–H groups in total. The first-order valence-corrected chi connectivity index (χ1v) is 7.10. The van der Waals surface area contributed by atoms with Crippen LogP contribution < -0.4 is 4.57 Å². The van der Waals surface area contributed by atoms with Gasteiger partial charge in [-0.3, -0.25) is 0 Å². The van der Waals surface area contributed by atoms with Crippen LogP contribution in [0.2, 0.25) is 0 Å². The van der Waals surface area contributed by atoms with Crippen LogP contribution in [0, 0.1) is 0 Å². The lowest BCUT2D eigenvalue weighted by atomic mass is 10.1. The Morgan fingerprint density at radius 3 is 2.25 bits per heavy atom. The molecule has 0 aliphatic carbocycles. The van der Waals surface area contributed by atoms with Gasteiger partial charge in [-0.2, -0.15) is 4.57 Å². The van der Waals surface area contributed by atoms with Crippen LogP contribution in [0.5, 0.6) is 0 Å². The Morgan fingerprint density at radius 2 is 1.45 bits per heavy atom. The summed E-state index contributed by atoms with van der Waals surface area (Å²) >= 11 is 4.57. The van der Waals surface area contributed by atoms with Crippen LogP contribution in [0.3, 0.4) is 0 Å². The van der Waals surface area contributed by atoms with E-state index in [1.807, 2.05) is 18.2 Å². The van der Waals surface area contributed by atoms with Gasteiger partial charge in [-0.05, 0) is 18.2 Å². The first-order chi connectivity index (χ1) is 9.84. The van der Waals surface area contributed by atoms with Gasteiger partial charge in [0.25, 0.3) is 0 Å². The minimum atomic E-state index is 0.860. The van der Waals surface area contributed by atoms with Gasteiger partial charge in [0.15, 0.2) is 12.7 Å². The van der Waals surface area contributed by atoms with Crippen LogP contribution in [0.15, 0.2) is 83.9 Å². The standard InChI is InChI=1S/C18H15NS/c20-18-12-5-4-10-16(18)17-11-6-7-13-19(17)14-15-8-2-1-3-9-15/h1-13H,14H2/p+1. The number of nitrogens with zero attached hydrogens (tertiary/aromatic N) is 1. The van der Waals surface area contributed by atoms with E-state index in [9.17, 15) is 0 Å². The van der Waals surface area contributed by atoms with Crippen molar-refractivity contribution in [1.82, 2.24) is 0 Å². The van der Waals surface area contributed by atoms with E-state index in [-0.39, 0.29) is 0 Å². The lowest BCUT2D eigenvalue weighted by molar-refractivity contribution is -0.677. The van der Waals surface area contributed by atoms with Crippen LogP contribution >= 0.6 is 12.6 Å². The highest BCUT2D eigenvalue weighted by Crippen LogP contribution is 2.23. The molecule has 2 heteroatoms. The molecule has 0 saturated carbocycles. The minimum absolute atomic E-state index is 0.860. The molecule has 0 bridgehead atoms. The van der Waals surface area contributed by atoms with Gasteiger partial charge in [0.1, 0.15) is 0 Å². The lowest BCUT2D eigenvalue weighted by Crippen LogP contribution is -2.36. The van der Waals surface area contributed by atoms with Crippen LogP contribution in [0.1, 0.15) is 5.56 Å². The van der Waals surface area contributed by atoms with Gasteiger partial charge >= 0.3 is 0 Å². The summed E-state index contributed by atoms with van der Waals surface area (Å²) in [5.74, 6) is 0. The van der Waals surface area contributed by atoms with Gasteiger partial charge in [-0.25, -0.2) is 0 Å². The van der Waals surface area contributed by atoms with Gasteiger partial charge in [0.05, 0.1) is 5.56 Å². The predicted molar refractivity (Wildman–Crippen MR) is 84.9 cm³/mol. The number of thiol groups is 1. The van der Waals surface area contributed by atoms with E-state index in [0.717, 1.165) is 17.0 Å². The average Bonchev–Trinajstić information content (AvgIpc) is 2.50. The van der Waals surface area contributed by atoms with Crippen molar-refractivity contribution in [3.63, 3.8) is 0 Å². The maximum Gasteiger partial charge on any atom is 0.213 e. The summed E-state index contributed by atoms with van der Waals surface area (Å²) in [6.45, 7) is 0.860. The Kier molecular flexibility index (Phi) is 3.84. The van der Waals surface area contributed by atoms with Crippen molar-refractivity contribution in [3.05, 3.63) is 84.6 Å². The van der Waals surface area contributed by atoms with Crippen molar-refractivity contribution in [2.24, 2.45) is 0 Å². The largest absolute Gasteiger partial charge is 0.213 e. The van der Waals surface area contributed by atoms with Gasteiger partial charge in [0.2, 0.25) is 5.69 Å². The van der Waals surface area contributed by atoms with E-state index in [4.69, 9.17) is 0 Å². The number of hydrogen-bond donors (Lipinski definition) is 1. The topological polar surface area (TPSA) is 3.88 Å². The molecule has 0 spiro atoms. The van der Waals surface area contributed by atoms with Crippen molar-refractivity contribution in [2.45, 2.75) is 11.4 Å². The van der Waals surface area contributed by atoms with Crippen molar-refractivity contribution < 1.29 is 4.57 Å². The van der Waals surface area contributed by atoms with Crippen molar-refractivity contribution in [1.29, 1.82) is 0 Å². The van der Waals surface area contributed by atoms with Gasteiger partial charge in [-0.1, -0.05) is 42.5 Å². The molecule has 0 unspecified atom stereocenters. The van der Waals surface area contributed by atoms with E-state index >= 15 is 0 Å². The third-order valence-electron chi connectivity index (χ3n) is 3.32. The molecule has 20 heavy (non-hydrogen) atoms. The summed E-state index contributed by atoms with van der Waals surface area (Å²) in [5.41, 5.74) is 3.64. The summed E-state index contributed by atoms with van der Waals surface area (Å²) in [7, 11) is 0. The van der Waals surface area contributed by atoms with Gasteiger partial charge in [0, 0.05) is 22.6 Å². The molecule has 0 fully saturated rings. The quantitative estimate of drug-likeness (QED) is 0.546. The van der Waals surface area contributed by atoms with E-state index in [2.05, 4.69) is 78.0 Å². The Bertz CT molecular complexity index is 707. The Hall–Kier alpha value is -2.06. The van der Waals surface area contributed by atoms with Crippen molar-refractivity contribution in [2.75, 3.05) is 0 Å². The van der Waals surface area contributed by atoms with Crippen LogP contribution in [0.4, 0.5) is 0 Å².